The molecule has 0 aromatic carbocycles. The predicted molar refractivity (Wildman–Crippen MR) is 74.5 cm³/mol. The Labute approximate surface area is 127 Å². The highest BCUT2D eigenvalue weighted by atomic mass is 16.4. The molecule has 0 radical (unpaired) electrons. The van der Waals surface area contributed by atoms with Gasteiger partial charge in [0.25, 0.3) is 0 Å². The van der Waals surface area contributed by atoms with E-state index in [1.165, 1.54) is 0 Å². The predicted octanol–water partition coefficient (Wildman–Crippen LogP) is 1.82. The van der Waals surface area contributed by atoms with Crippen LogP contribution in [0.3, 0.4) is 0 Å². The van der Waals surface area contributed by atoms with Crippen LogP contribution in [-0.2, 0) is 19.2 Å². The SMILES string of the molecule is O=C(O)CCC(=O)O.O=C(O)CCCC1(C(=O)O)CCCC1. The van der Waals surface area contributed by atoms with Crippen LogP contribution >= 0.6 is 0 Å². The molecule has 0 saturated heterocycles. The Kier molecular flexibility index (Phi) is 8.81. The van der Waals surface area contributed by atoms with Crippen molar-refractivity contribution in [2.24, 2.45) is 5.41 Å². The Morgan fingerprint density at radius 2 is 1.14 bits per heavy atom. The fourth-order valence-electron chi connectivity index (χ4n) is 2.41. The van der Waals surface area contributed by atoms with Gasteiger partial charge in [0.05, 0.1) is 18.3 Å². The van der Waals surface area contributed by atoms with Crippen LogP contribution in [0.2, 0.25) is 0 Å². The fraction of sp³-hybridized carbons (Fsp3) is 0.714. The summed E-state index contributed by atoms with van der Waals surface area (Å²) in [4.78, 5) is 40.6. The number of hydrogen-bond acceptors (Lipinski definition) is 4. The molecule has 0 heterocycles. The molecule has 0 atom stereocenters. The number of rotatable bonds is 8. The van der Waals surface area contributed by atoms with Gasteiger partial charge in [0.1, 0.15) is 0 Å². The van der Waals surface area contributed by atoms with E-state index in [0.29, 0.717) is 25.7 Å². The molecule has 0 amide bonds. The van der Waals surface area contributed by atoms with E-state index in [1.54, 1.807) is 0 Å². The minimum absolute atomic E-state index is 0.0784. The maximum absolute atomic E-state index is 11.1. The average molecular weight is 318 g/mol. The standard InChI is InChI=1S/C10H16O4.C4H6O4/c11-8(12)4-3-7-10(9(13)14)5-1-2-6-10;5-3(6)1-2-4(7)8/h1-7H2,(H,11,12)(H,13,14);1-2H2,(H,5,6)(H,7,8). The van der Waals surface area contributed by atoms with Gasteiger partial charge in [-0.3, -0.25) is 19.2 Å². The van der Waals surface area contributed by atoms with Crippen molar-refractivity contribution in [3.05, 3.63) is 0 Å². The highest BCUT2D eigenvalue weighted by molar-refractivity contribution is 5.75. The summed E-state index contributed by atoms with van der Waals surface area (Å²) in [5.74, 6) is -3.75. The second kappa shape index (κ2) is 9.75. The maximum atomic E-state index is 11.1. The minimum atomic E-state index is -1.08. The third kappa shape index (κ3) is 8.23. The van der Waals surface area contributed by atoms with Crippen molar-refractivity contribution < 1.29 is 39.6 Å². The second-order valence-corrected chi connectivity index (χ2v) is 5.33. The Morgan fingerprint density at radius 1 is 0.727 bits per heavy atom. The summed E-state index contributed by atoms with van der Waals surface area (Å²) in [7, 11) is 0. The van der Waals surface area contributed by atoms with Crippen LogP contribution in [0.15, 0.2) is 0 Å². The first kappa shape index (κ1) is 19.9. The summed E-state index contributed by atoms with van der Waals surface area (Å²) < 4.78 is 0. The number of aliphatic carboxylic acids is 4. The lowest BCUT2D eigenvalue weighted by atomic mass is 9.81. The Morgan fingerprint density at radius 3 is 1.45 bits per heavy atom. The second-order valence-electron chi connectivity index (χ2n) is 5.33. The Hall–Kier alpha value is -2.12. The third-order valence-corrected chi connectivity index (χ3v) is 3.61. The molecule has 0 aromatic heterocycles. The van der Waals surface area contributed by atoms with Gasteiger partial charge in [-0.2, -0.15) is 0 Å². The van der Waals surface area contributed by atoms with Gasteiger partial charge in [-0.1, -0.05) is 12.8 Å². The van der Waals surface area contributed by atoms with Crippen LogP contribution in [0.5, 0.6) is 0 Å². The molecule has 8 heteroatoms. The average Bonchev–Trinajstić information content (AvgIpc) is 2.87. The number of carboxylic acid groups (broad SMARTS) is 4. The normalized spacial score (nSPS) is 15.5. The van der Waals surface area contributed by atoms with Gasteiger partial charge in [0.2, 0.25) is 0 Å². The summed E-state index contributed by atoms with van der Waals surface area (Å²) in [6.45, 7) is 0. The maximum Gasteiger partial charge on any atom is 0.309 e. The van der Waals surface area contributed by atoms with Gasteiger partial charge in [-0.05, 0) is 25.7 Å². The van der Waals surface area contributed by atoms with E-state index in [9.17, 15) is 19.2 Å². The monoisotopic (exact) mass is 318 g/mol. The summed E-state index contributed by atoms with van der Waals surface area (Å²) >= 11 is 0. The van der Waals surface area contributed by atoms with E-state index in [0.717, 1.165) is 12.8 Å². The van der Waals surface area contributed by atoms with Crippen LogP contribution in [0.4, 0.5) is 0 Å². The van der Waals surface area contributed by atoms with Gasteiger partial charge in [-0.25, -0.2) is 0 Å². The molecule has 0 spiro atoms. The molecular weight excluding hydrogens is 296 g/mol. The first-order valence-corrected chi connectivity index (χ1v) is 7.08. The van der Waals surface area contributed by atoms with Gasteiger partial charge in [-0.15, -0.1) is 0 Å². The molecule has 0 aromatic rings. The van der Waals surface area contributed by atoms with Crippen LogP contribution < -0.4 is 0 Å². The molecule has 1 aliphatic carbocycles. The molecular formula is C14H22O8. The number of carboxylic acids is 4. The molecule has 126 valence electrons. The summed E-state index contributed by atoms with van der Waals surface area (Å²) in [6.07, 6.45) is 3.80. The van der Waals surface area contributed by atoms with E-state index in [-0.39, 0.29) is 19.3 Å². The van der Waals surface area contributed by atoms with Crippen LogP contribution in [0.25, 0.3) is 0 Å². The van der Waals surface area contributed by atoms with E-state index < -0.39 is 29.3 Å². The summed E-state index contributed by atoms with van der Waals surface area (Å²) in [5, 5.41) is 33.3. The largest absolute Gasteiger partial charge is 0.481 e. The molecule has 0 bridgehead atoms. The zero-order valence-corrected chi connectivity index (χ0v) is 12.3. The highest BCUT2D eigenvalue weighted by Gasteiger charge is 2.40. The molecule has 1 aliphatic rings. The van der Waals surface area contributed by atoms with Crippen molar-refractivity contribution in [3.8, 4) is 0 Å². The van der Waals surface area contributed by atoms with E-state index >= 15 is 0 Å². The Bertz CT molecular complexity index is 395. The molecule has 4 N–H and O–H groups in total. The van der Waals surface area contributed by atoms with E-state index in [4.69, 9.17) is 20.4 Å². The van der Waals surface area contributed by atoms with Crippen molar-refractivity contribution in [3.63, 3.8) is 0 Å². The first-order chi connectivity index (χ1) is 10.2. The molecule has 1 saturated carbocycles. The fourth-order valence-corrected chi connectivity index (χ4v) is 2.41. The molecule has 0 aliphatic heterocycles. The Balaban J connectivity index is 0.000000472. The number of hydrogen-bond donors (Lipinski definition) is 4. The van der Waals surface area contributed by atoms with E-state index in [2.05, 4.69) is 0 Å². The van der Waals surface area contributed by atoms with Crippen molar-refractivity contribution in [2.45, 2.75) is 57.8 Å². The van der Waals surface area contributed by atoms with Gasteiger partial charge in [0, 0.05) is 6.42 Å². The number of carbonyl (C=O) groups is 4. The van der Waals surface area contributed by atoms with Crippen molar-refractivity contribution >= 4 is 23.9 Å². The lowest BCUT2D eigenvalue weighted by Gasteiger charge is -2.22. The van der Waals surface area contributed by atoms with Gasteiger partial charge in [0.15, 0.2) is 0 Å². The van der Waals surface area contributed by atoms with Gasteiger partial charge >= 0.3 is 23.9 Å². The topological polar surface area (TPSA) is 149 Å². The van der Waals surface area contributed by atoms with Crippen LogP contribution in [0.1, 0.15) is 57.8 Å². The van der Waals surface area contributed by atoms with Crippen molar-refractivity contribution in [1.82, 2.24) is 0 Å². The first-order valence-electron chi connectivity index (χ1n) is 7.08. The summed E-state index contributed by atoms with van der Waals surface area (Å²) in [6, 6.07) is 0. The zero-order chi connectivity index (χ0) is 17.2. The van der Waals surface area contributed by atoms with Gasteiger partial charge < -0.3 is 20.4 Å². The lowest BCUT2D eigenvalue weighted by molar-refractivity contribution is -0.149. The zero-order valence-electron chi connectivity index (χ0n) is 12.3. The summed E-state index contributed by atoms with van der Waals surface area (Å²) in [5.41, 5.74) is -0.616. The molecule has 0 unspecified atom stereocenters. The molecule has 1 fully saturated rings. The van der Waals surface area contributed by atoms with E-state index in [1.807, 2.05) is 0 Å². The minimum Gasteiger partial charge on any atom is -0.481 e. The molecule has 8 nitrogen and oxygen atoms in total. The van der Waals surface area contributed by atoms with Crippen LogP contribution in [-0.4, -0.2) is 44.3 Å². The molecule has 1 rings (SSSR count). The van der Waals surface area contributed by atoms with Crippen molar-refractivity contribution in [1.29, 1.82) is 0 Å². The van der Waals surface area contributed by atoms with Crippen LogP contribution in [0, 0.1) is 5.41 Å². The van der Waals surface area contributed by atoms with Crippen molar-refractivity contribution in [2.75, 3.05) is 0 Å². The molecule has 22 heavy (non-hydrogen) atoms. The third-order valence-electron chi connectivity index (χ3n) is 3.61. The smallest absolute Gasteiger partial charge is 0.309 e. The highest BCUT2D eigenvalue weighted by Crippen LogP contribution is 2.42. The quantitative estimate of drug-likeness (QED) is 0.529. The lowest BCUT2D eigenvalue weighted by Crippen LogP contribution is -2.27.